The molecule has 0 aromatic rings. The van der Waals surface area contributed by atoms with Gasteiger partial charge in [-0.05, 0) is 26.2 Å². The van der Waals surface area contributed by atoms with Crippen LogP contribution >= 0.6 is 24.0 Å². The lowest BCUT2D eigenvalue weighted by atomic mass is 10.2. The van der Waals surface area contributed by atoms with E-state index in [1.807, 2.05) is 24.9 Å². The molecule has 0 saturated carbocycles. The summed E-state index contributed by atoms with van der Waals surface area (Å²) < 4.78 is 21.8. The molecule has 0 spiro atoms. The summed E-state index contributed by atoms with van der Waals surface area (Å²) in [5, 5.41) is 8.10. The van der Waals surface area contributed by atoms with Gasteiger partial charge in [0.15, 0.2) is 5.96 Å². The third kappa shape index (κ3) is 14.4. The minimum atomic E-state index is -3.45. The van der Waals surface area contributed by atoms with Crippen LogP contribution in [0.1, 0.15) is 32.6 Å². The van der Waals surface area contributed by atoms with Crippen molar-refractivity contribution in [3.8, 4) is 0 Å². The van der Waals surface area contributed by atoms with Gasteiger partial charge < -0.3 is 10.2 Å². The van der Waals surface area contributed by atoms with Crippen molar-refractivity contribution in [2.75, 3.05) is 32.4 Å². The maximum atomic E-state index is 10.9. The molecule has 0 atom stereocenters. The molecule has 0 amide bonds. The van der Waals surface area contributed by atoms with E-state index in [-0.39, 0.29) is 36.3 Å². The number of hydrogen-bond acceptors (Lipinski definition) is 3. The minimum absolute atomic E-state index is 0. The van der Waals surface area contributed by atoms with E-state index in [0.717, 1.165) is 44.7 Å². The van der Waals surface area contributed by atoms with Crippen molar-refractivity contribution in [2.24, 2.45) is 10.1 Å². The Balaban J connectivity index is 0. The highest BCUT2D eigenvalue weighted by molar-refractivity contribution is 14.0. The van der Waals surface area contributed by atoms with Crippen molar-refractivity contribution in [2.45, 2.75) is 32.6 Å². The smallest absolute Gasteiger partial charge is 0.210 e. The molecule has 0 aliphatic heterocycles. The number of nitrogens with one attached hydrogen (secondary N) is 1. The standard InChI is InChI=1S/C13H28N4O2S.HI/c1-4-6-7-8-9-11-17(3)13(15-5-2)16-10-12-20(14,18)19;/h4H,1,5-12H2,2-3H3,(H,15,16)(H2,14,18,19);1H. The number of hydrogen-bond donors (Lipinski definition) is 2. The molecule has 0 aliphatic rings. The van der Waals surface area contributed by atoms with E-state index in [2.05, 4.69) is 16.9 Å². The highest BCUT2D eigenvalue weighted by atomic mass is 127. The monoisotopic (exact) mass is 432 g/mol. The normalized spacial score (nSPS) is 11.7. The van der Waals surface area contributed by atoms with E-state index in [1.165, 1.54) is 0 Å². The van der Waals surface area contributed by atoms with Crippen molar-refractivity contribution >= 4 is 40.0 Å². The number of sulfonamides is 1. The van der Waals surface area contributed by atoms with Gasteiger partial charge in [0.1, 0.15) is 0 Å². The average molecular weight is 432 g/mol. The van der Waals surface area contributed by atoms with Crippen molar-refractivity contribution in [1.82, 2.24) is 10.2 Å². The second-order valence-corrected chi connectivity index (χ2v) is 6.40. The number of rotatable bonds is 10. The predicted octanol–water partition coefficient (Wildman–Crippen LogP) is 1.54. The Morgan fingerprint density at radius 3 is 2.57 bits per heavy atom. The number of allylic oxidation sites excluding steroid dienone is 1. The third-order valence-corrected chi connectivity index (χ3v) is 3.49. The van der Waals surface area contributed by atoms with Gasteiger partial charge in [-0.1, -0.05) is 12.5 Å². The fourth-order valence-electron chi connectivity index (χ4n) is 1.67. The number of unbranched alkanes of at least 4 members (excludes halogenated alkanes) is 3. The van der Waals surface area contributed by atoms with Crippen LogP contribution in [-0.4, -0.2) is 51.7 Å². The van der Waals surface area contributed by atoms with Crippen molar-refractivity contribution in [1.29, 1.82) is 0 Å². The number of guanidine groups is 1. The van der Waals surface area contributed by atoms with E-state index >= 15 is 0 Å². The van der Waals surface area contributed by atoms with Crippen LogP contribution < -0.4 is 10.5 Å². The van der Waals surface area contributed by atoms with Crippen LogP contribution in [0, 0.1) is 0 Å². The van der Waals surface area contributed by atoms with Crippen molar-refractivity contribution in [3.05, 3.63) is 12.7 Å². The summed E-state index contributed by atoms with van der Waals surface area (Å²) >= 11 is 0. The summed E-state index contributed by atoms with van der Waals surface area (Å²) in [6, 6.07) is 0. The van der Waals surface area contributed by atoms with Crippen LogP contribution in [0.25, 0.3) is 0 Å². The molecule has 0 rings (SSSR count). The predicted molar refractivity (Wildman–Crippen MR) is 101 cm³/mol. The summed E-state index contributed by atoms with van der Waals surface area (Å²) in [5.41, 5.74) is 0. The summed E-state index contributed by atoms with van der Waals surface area (Å²) in [6.07, 6.45) is 6.35. The van der Waals surface area contributed by atoms with Crippen LogP contribution in [0.15, 0.2) is 17.6 Å². The molecule has 0 bridgehead atoms. The summed E-state index contributed by atoms with van der Waals surface area (Å²) in [5.74, 6) is 0.592. The molecule has 0 unspecified atom stereocenters. The van der Waals surface area contributed by atoms with E-state index < -0.39 is 10.0 Å². The summed E-state index contributed by atoms with van der Waals surface area (Å²) in [4.78, 5) is 6.28. The topological polar surface area (TPSA) is 87.8 Å². The lowest BCUT2D eigenvalue weighted by molar-refractivity contribution is 0.456. The second-order valence-electron chi connectivity index (χ2n) is 4.66. The fourth-order valence-corrected chi connectivity index (χ4v) is 2.01. The minimum Gasteiger partial charge on any atom is -0.357 e. The van der Waals surface area contributed by atoms with Gasteiger partial charge >= 0.3 is 0 Å². The van der Waals surface area contributed by atoms with E-state index in [9.17, 15) is 8.42 Å². The summed E-state index contributed by atoms with van der Waals surface area (Å²) in [7, 11) is -1.50. The van der Waals surface area contributed by atoms with Gasteiger partial charge in [-0.15, -0.1) is 30.6 Å². The molecule has 3 N–H and O–H groups in total. The number of halogens is 1. The highest BCUT2D eigenvalue weighted by Crippen LogP contribution is 2.01. The second kappa shape index (κ2) is 13.3. The SMILES string of the molecule is C=CCCCCCN(C)C(=NCCS(N)(=O)=O)NCC.I. The van der Waals surface area contributed by atoms with Crippen LogP contribution in [0.2, 0.25) is 0 Å². The molecular formula is C13H29IN4O2S. The Morgan fingerprint density at radius 2 is 2.05 bits per heavy atom. The maximum absolute atomic E-state index is 10.9. The molecule has 0 aliphatic carbocycles. The lowest BCUT2D eigenvalue weighted by Gasteiger charge is -2.22. The molecule has 21 heavy (non-hydrogen) atoms. The molecule has 0 heterocycles. The van der Waals surface area contributed by atoms with Crippen LogP contribution in [0.3, 0.4) is 0 Å². The molecule has 8 heteroatoms. The van der Waals surface area contributed by atoms with Gasteiger partial charge in [-0.2, -0.15) is 0 Å². The zero-order valence-corrected chi connectivity index (χ0v) is 16.2. The molecule has 0 fully saturated rings. The molecule has 6 nitrogen and oxygen atoms in total. The van der Waals surface area contributed by atoms with Gasteiger partial charge in [0.05, 0.1) is 12.3 Å². The number of primary sulfonamides is 1. The molecule has 126 valence electrons. The van der Waals surface area contributed by atoms with E-state index in [1.54, 1.807) is 0 Å². The Morgan fingerprint density at radius 1 is 1.38 bits per heavy atom. The lowest BCUT2D eigenvalue weighted by Crippen LogP contribution is -2.39. The number of nitrogens with two attached hydrogens (primary N) is 1. The number of nitrogens with zero attached hydrogens (tertiary/aromatic N) is 2. The first-order chi connectivity index (χ1) is 9.40. The Labute approximate surface area is 146 Å². The zero-order chi connectivity index (χ0) is 15.4. The van der Waals surface area contributed by atoms with Gasteiger partial charge in [0.25, 0.3) is 0 Å². The first-order valence-corrected chi connectivity index (χ1v) is 8.73. The van der Waals surface area contributed by atoms with E-state index in [4.69, 9.17) is 5.14 Å². The average Bonchev–Trinajstić information content (AvgIpc) is 2.36. The molecule has 0 saturated heterocycles. The van der Waals surface area contributed by atoms with Gasteiger partial charge in [-0.25, -0.2) is 13.6 Å². The molecular weight excluding hydrogens is 403 g/mol. The third-order valence-electron chi connectivity index (χ3n) is 2.74. The van der Waals surface area contributed by atoms with Gasteiger partial charge in [0.2, 0.25) is 10.0 Å². The Bertz CT molecular complexity index is 399. The van der Waals surface area contributed by atoms with Gasteiger partial charge in [-0.3, -0.25) is 4.99 Å². The Hall–Kier alpha value is -0.350. The Kier molecular flexibility index (Phi) is 14.5. The maximum Gasteiger partial charge on any atom is 0.210 e. The highest BCUT2D eigenvalue weighted by Gasteiger charge is 2.06. The zero-order valence-electron chi connectivity index (χ0n) is 13.0. The fraction of sp³-hybridized carbons (Fsp3) is 0.769. The largest absolute Gasteiger partial charge is 0.357 e. The first kappa shape index (κ1) is 22.9. The van der Waals surface area contributed by atoms with Crippen LogP contribution in [0.4, 0.5) is 0 Å². The van der Waals surface area contributed by atoms with Crippen LogP contribution in [0.5, 0.6) is 0 Å². The quantitative estimate of drug-likeness (QED) is 0.180. The van der Waals surface area contributed by atoms with Crippen molar-refractivity contribution in [3.63, 3.8) is 0 Å². The van der Waals surface area contributed by atoms with Crippen LogP contribution in [-0.2, 0) is 10.0 Å². The molecule has 0 aromatic heterocycles. The van der Waals surface area contributed by atoms with Gasteiger partial charge in [0, 0.05) is 20.1 Å². The van der Waals surface area contributed by atoms with Crippen molar-refractivity contribution < 1.29 is 8.42 Å². The molecule has 0 radical (unpaired) electrons. The number of aliphatic imine (C=N–C) groups is 1. The summed E-state index contributed by atoms with van der Waals surface area (Å²) in [6.45, 7) is 7.49. The van der Waals surface area contributed by atoms with E-state index in [0.29, 0.717) is 0 Å². The molecule has 0 aromatic carbocycles. The first-order valence-electron chi connectivity index (χ1n) is 7.01.